The fourth-order valence-electron chi connectivity index (χ4n) is 1.88. The molecular formula is C11H17N3O. The van der Waals surface area contributed by atoms with Gasteiger partial charge in [0.15, 0.2) is 0 Å². The summed E-state index contributed by atoms with van der Waals surface area (Å²) in [6.45, 7) is 4.55. The van der Waals surface area contributed by atoms with Crippen LogP contribution in [0.3, 0.4) is 0 Å². The molecule has 4 heteroatoms. The molecule has 1 heterocycles. The standard InChI is InChI=1S/C11H17N3O/c1-8-7-14(5-6-15-8)10-4-2-3-9(12)11(10)13/h2-4,8H,5-7,12-13H2,1H3. The average Bonchev–Trinajstić information content (AvgIpc) is 2.22. The number of hydrogen-bond donors (Lipinski definition) is 2. The van der Waals surface area contributed by atoms with Crippen molar-refractivity contribution in [3.05, 3.63) is 18.2 Å². The third-order valence-corrected chi connectivity index (χ3v) is 2.70. The molecule has 1 unspecified atom stereocenters. The van der Waals surface area contributed by atoms with Crippen LogP contribution in [-0.2, 0) is 4.74 Å². The van der Waals surface area contributed by atoms with Gasteiger partial charge in [-0.2, -0.15) is 0 Å². The summed E-state index contributed by atoms with van der Waals surface area (Å²) in [7, 11) is 0. The zero-order valence-electron chi connectivity index (χ0n) is 8.94. The minimum Gasteiger partial charge on any atom is -0.397 e. The van der Waals surface area contributed by atoms with Crippen LogP contribution in [0.1, 0.15) is 6.92 Å². The number of hydrogen-bond acceptors (Lipinski definition) is 4. The summed E-state index contributed by atoms with van der Waals surface area (Å²) in [6.07, 6.45) is 0.250. The van der Waals surface area contributed by atoms with E-state index in [9.17, 15) is 0 Å². The lowest BCUT2D eigenvalue weighted by molar-refractivity contribution is 0.0533. The van der Waals surface area contributed by atoms with Crippen molar-refractivity contribution in [3.63, 3.8) is 0 Å². The molecule has 4 N–H and O–H groups in total. The lowest BCUT2D eigenvalue weighted by atomic mass is 10.2. The van der Waals surface area contributed by atoms with Gasteiger partial charge in [-0.15, -0.1) is 0 Å². The molecule has 0 aliphatic carbocycles. The van der Waals surface area contributed by atoms with Crippen LogP contribution in [-0.4, -0.2) is 25.8 Å². The van der Waals surface area contributed by atoms with E-state index in [0.29, 0.717) is 11.4 Å². The fraction of sp³-hybridized carbons (Fsp3) is 0.455. The number of rotatable bonds is 1. The Balaban J connectivity index is 2.24. The molecule has 1 fully saturated rings. The predicted molar refractivity (Wildman–Crippen MR) is 62.9 cm³/mol. The smallest absolute Gasteiger partial charge is 0.0785 e. The van der Waals surface area contributed by atoms with Crippen molar-refractivity contribution in [1.29, 1.82) is 0 Å². The van der Waals surface area contributed by atoms with Gasteiger partial charge in [0.1, 0.15) is 0 Å². The number of anilines is 3. The van der Waals surface area contributed by atoms with Crippen molar-refractivity contribution in [1.82, 2.24) is 0 Å². The molecule has 0 saturated carbocycles. The maximum atomic E-state index is 5.95. The maximum absolute atomic E-state index is 5.95. The summed E-state index contributed by atoms with van der Waals surface area (Å²) in [6, 6.07) is 5.76. The van der Waals surface area contributed by atoms with Gasteiger partial charge in [0, 0.05) is 13.1 Å². The fourth-order valence-corrected chi connectivity index (χ4v) is 1.88. The Hall–Kier alpha value is -1.42. The topological polar surface area (TPSA) is 64.5 Å². The van der Waals surface area contributed by atoms with Crippen LogP contribution < -0.4 is 16.4 Å². The van der Waals surface area contributed by atoms with Crippen molar-refractivity contribution in [2.45, 2.75) is 13.0 Å². The minimum atomic E-state index is 0.250. The van der Waals surface area contributed by atoms with Gasteiger partial charge in [0.25, 0.3) is 0 Å². The quantitative estimate of drug-likeness (QED) is 0.676. The summed E-state index contributed by atoms with van der Waals surface area (Å²) in [5, 5.41) is 0. The summed E-state index contributed by atoms with van der Waals surface area (Å²) >= 11 is 0. The SMILES string of the molecule is CC1CN(c2cccc(N)c2N)CCO1. The van der Waals surface area contributed by atoms with Crippen molar-refractivity contribution in [3.8, 4) is 0 Å². The Morgan fingerprint density at radius 3 is 2.93 bits per heavy atom. The molecule has 1 aromatic rings. The van der Waals surface area contributed by atoms with Crippen LogP contribution in [0.15, 0.2) is 18.2 Å². The molecule has 82 valence electrons. The number of ether oxygens (including phenoxy) is 1. The molecule has 1 atom stereocenters. The van der Waals surface area contributed by atoms with E-state index in [4.69, 9.17) is 16.2 Å². The van der Waals surface area contributed by atoms with Crippen LogP contribution in [0, 0.1) is 0 Å². The lowest BCUT2D eigenvalue weighted by Crippen LogP contribution is -2.41. The van der Waals surface area contributed by atoms with Crippen LogP contribution in [0.2, 0.25) is 0 Å². The largest absolute Gasteiger partial charge is 0.397 e. The molecule has 0 radical (unpaired) electrons. The second-order valence-electron chi connectivity index (χ2n) is 3.91. The number of nitrogens with zero attached hydrogens (tertiary/aromatic N) is 1. The first-order valence-electron chi connectivity index (χ1n) is 5.19. The summed E-state index contributed by atoms with van der Waals surface area (Å²) in [5.74, 6) is 0. The molecule has 0 aromatic heterocycles. The molecule has 0 bridgehead atoms. The highest BCUT2D eigenvalue weighted by Crippen LogP contribution is 2.29. The van der Waals surface area contributed by atoms with Crippen molar-refractivity contribution >= 4 is 17.1 Å². The highest BCUT2D eigenvalue weighted by Gasteiger charge is 2.18. The van der Waals surface area contributed by atoms with E-state index in [-0.39, 0.29) is 6.10 Å². The first-order chi connectivity index (χ1) is 7.18. The molecule has 2 rings (SSSR count). The number of nitrogen functional groups attached to an aromatic ring is 2. The zero-order valence-corrected chi connectivity index (χ0v) is 8.94. The summed E-state index contributed by atoms with van der Waals surface area (Å²) in [4.78, 5) is 2.22. The van der Waals surface area contributed by atoms with Gasteiger partial charge in [-0.1, -0.05) is 6.07 Å². The Kier molecular flexibility index (Phi) is 2.68. The Labute approximate surface area is 89.8 Å². The monoisotopic (exact) mass is 207 g/mol. The molecule has 4 nitrogen and oxygen atoms in total. The van der Waals surface area contributed by atoms with E-state index in [0.717, 1.165) is 25.4 Å². The van der Waals surface area contributed by atoms with Gasteiger partial charge >= 0.3 is 0 Å². The number of para-hydroxylation sites is 1. The summed E-state index contributed by atoms with van der Waals surface area (Å²) in [5.41, 5.74) is 14.1. The van der Waals surface area contributed by atoms with Gasteiger partial charge in [0.05, 0.1) is 29.8 Å². The zero-order chi connectivity index (χ0) is 10.8. The molecule has 1 saturated heterocycles. The molecule has 0 amide bonds. The van der Waals surface area contributed by atoms with E-state index < -0.39 is 0 Å². The Bertz CT molecular complexity index is 354. The van der Waals surface area contributed by atoms with Crippen LogP contribution >= 0.6 is 0 Å². The molecule has 1 aromatic carbocycles. The van der Waals surface area contributed by atoms with Crippen molar-refractivity contribution in [2.75, 3.05) is 36.1 Å². The van der Waals surface area contributed by atoms with Crippen LogP contribution in [0.25, 0.3) is 0 Å². The number of benzene rings is 1. The molecule has 0 spiro atoms. The third-order valence-electron chi connectivity index (χ3n) is 2.70. The number of nitrogens with two attached hydrogens (primary N) is 2. The van der Waals surface area contributed by atoms with E-state index >= 15 is 0 Å². The highest BCUT2D eigenvalue weighted by atomic mass is 16.5. The van der Waals surface area contributed by atoms with Gasteiger partial charge < -0.3 is 21.1 Å². The highest BCUT2D eigenvalue weighted by molar-refractivity contribution is 5.79. The molecule has 1 aliphatic heterocycles. The predicted octanol–water partition coefficient (Wildman–Crippen LogP) is 1.08. The average molecular weight is 207 g/mol. The van der Waals surface area contributed by atoms with E-state index in [1.165, 1.54) is 0 Å². The number of morpholine rings is 1. The normalized spacial score (nSPS) is 21.7. The van der Waals surface area contributed by atoms with Gasteiger partial charge in [0.2, 0.25) is 0 Å². The van der Waals surface area contributed by atoms with Crippen molar-refractivity contribution in [2.24, 2.45) is 0 Å². The van der Waals surface area contributed by atoms with Crippen LogP contribution in [0.5, 0.6) is 0 Å². The van der Waals surface area contributed by atoms with Crippen molar-refractivity contribution < 1.29 is 4.74 Å². The minimum absolute atomic E-state index is 0.250. The maximum Gasteiger partial charge on any atom is 0.0785 e. The molecule has 15 heavy (non-hydrogen) atoms. The first-order valence-corrected chi connectivity index (χ1v) is 5.19. The van der Waals surface area contributed by atoms with E-state index in [2.05, 4.69) is 11.8 Å². The van der Waals surface area contributed by atoms with Gasteiger partial charge in [-0.25, -0.2) is 0 Å². The first kappa shape index (κ1) is 10.1. The molecular weight excluding hydrogens is 190 g/mol. The molecule has 1 aliphatic rings. The summed E-state index contributed by atoms with van der Waals surface area (Å²) < 4.78 is 5.49. The van der Waals surface area contributed by atoms with Crippen LogP contribution in [0.4, 0.5) is 17.1 Å². The Morgan fingerprint density at radius 1 is 1.40 bits per heavy atom. The second-order valence-corrected chi connectivity index (χ2v) is 3.91. The second kappa shape index (κ2) is 3.98. The van der Waals surface area contributed by atoms with E-state index in [1.807, 2.05) is 18.2 Å². The lowest BCUT2D eigenvalue weighted by Gasteiger charge is -2.33. The van der Waals surface area contributed by atoms with E-state index in [1.54, 1.807) is 0 Å². The third kappa shape index (κ3) is 1.99. The van der Waals surface area contributed by atoms with Gasteiger partial charge in [-0.05, 0) is 19.1 Å². The Morgan fingerprint density at radius 2 is 2.20 bits per heavy atom. The van der Waals surface area contributed by atoms with Gasteiger partial charge in [-0.3, -0.25) is 0 Å².